The number of carbonyl (C=O) groups excluding carboxylic acids is 2. The third-order valence-corrected chi connectivity index (χ3v) is 5.79. The Labute approximate surface area is 164 Å². The van der Waals surface area contributed by atoms with E-state index in [9.17, 15) is 9.59 Å². The van der Waals surface area contributed by atoms with Crippen LogP contribution in [0, 0.1) is 11.8 Å². The Morgan fingerprint density at radius 3 is 2.61 bits per heavy atom. The number of aromatic nitrogens is 2. The maximum Gasteiger partial charge on any atom is 0.228 e. The average Bonchev–Trinajstić information content (AvgIpc) is 3.38. The Bertz CT molecular complexity index is 811. The van der Waals surface area contributed by atoms with Crippen LogP contribution in [0.4, 0.5) is 5.69 Å². The zero-order valence-corrected chi connectivity index (χ0v) is 16.2. The van der Waals surface area contributed by atoms with Gasteiger partial charge in [-0.1, -0.05) is 0 Å². The smallest absolute Gasteiger partial charge is 0.228 e. The lowest BCUT2D eigenvalue weighted by atomic mass is 9.95. The Kier molecular flexibility index (Phi) is 5.32. The molecule has 1 atom stereocenters. The van der Waals surface area contributed by atoms with Crippen molar-refractivity contribution < 1.29 is 14.3 Å². The quantitative estimate of drug-likeness (QED) is 0.795. The fraction of sp³-hybridized carbons (Fsp3) is 0.476. The van der Waals surface area contributed by atoms with Gasteiger partial charge in [0.25, 0.3) is 0 Å². The topological polar surface area (TPSA) is 67.7 Å². The van der Waals surface area contributed by atoms with Crippen LogP contribution in [0.3, 0.4) is 0 Å². The summed E-state index contributed by atoms with van der Waals surface area (Å²) < 4.78 is 7.13. The van der Waals surface area contributed by atoms with Gasteiger partial charge in [0.1, 0.15) is 5.75 Å². The first-order valence-corrected chi connectivity index (χ1v) is 9.84. The highest BCUT2D eigenvalue weighted by atomic mass is 16.5. The zero-order valence-electron chi connectivity index (χ0n) is 16.2. The van der Waals surface area contributed by atoms with Crippen LogP contribution in [0.15, 0.2) is 42.7 Å². The highest BCUT2D eigenvalue weighted by Crippen LogP contribution is 2.29. The van der Waals surface area contributed by atoms with E-state index in [0.717, 1.165) is 43.9 Å². The molecule has 1 aromatic heterocycles. The number of rotatable bonds is 5. The maximum atomic E-state index is 13.0. The van der Waals surface area contributed by atoms with Crippen LogP contribution >= 0.6 is 0 Å². The number of ether oxygens (including phenoxy) is 1. The van der Waals surface area contributed by atoms with Crippen molar-refractivity contribution in [2.75, 3.05) is 31.6 Å². The van der Waals surface area contributed by atoms with Crippen molar-refractivity contribution in [3.8, 4) is 5.75 Å². The molecule has 2 aliphatic rings. The predicted octanol–water partition coefficient (Wildman–Crippen LogP) is 2.18. The van der Waals surface area contributed by atoms with Crippen LogP contribution in [-0.4, -0.2) is 53.2 Å². The molecule has 7 nitrogen and oxygen atoms in total. The summed E-state index contributed by atoms with van der Waals surface area (Å²) in [7, 11) is 1.61. The molecule has 2 aliphatic heterocycles. The number of piperidine rings is 1. The second kappa shape index (κ2) is 8.04. The Hall–Kier alpha value is -2.83. The molecule has 2 amide bonds. The van der Waals surface area contributed by atoms with Gasteiger partial charge in [0.2, 0.25) is 11.8 Å². The molecule has 2 aromatic rings. The molecule has 7 heteroatoms. The second-order valence-corrected chi connectivity index (χ2v) is 7.60. The molecular formula is C21H26N4O3. The average molecular weight is 382 g/mol. The summed E-state index contributed by atoms with van der Waals surface area (Å²) in [6.45, 7) is 2.88. The fourth-order valence-electron chi connectivity index (χ4n) is 4.15. The van der Waals surface area contributed by atoms with Gasteiger partial charge < -0.3 is 14.5 Å². The molecule has 0 aliphatic carbocycles. The first kappa shape index (κ1) is 18.5. The van der Waals surface area contributed by atoms with E-state index in [0.29, 0.717) is 12.5 Å². The normalized spacial score (nSPS) is 20.6. The molecule has 2 fully saturated rings. The van der Waals surface area contributed by atoms with Crippen LogP contribution in [0.25, 0.3) is 0 Å². The van der Waals surface area contributed by atoms with Gasteiger partial charge in [-0.05, 0) is 49.1 Å². The van der Waals surface area contributed by atoms with Crippen LogP contribution in [0.5, 0.6) is 5.75 Å². The number of amides is 2. The van der Waals surface area contributed by atoms with Crippen molar-refractivity contribution in [1.29, 1.82) is 0 Å². The van der Waals surface area contributed by atoms with Gasteiger partial charge in [0, 0.05) is 50.7 Å². The molecule has 1 unspecified atom stereocenters. The van der Waals surface area contributed by atoms with E-state index in [4.69, 9.17) is 4.74 Å². The van der Waals surface area contributed by atoms with Crippen molar-refractivity contribution in [3.05, 3.63) is 42.7 Å². The molecule has 0 bridgehead atoms. The lowest BCUT2D eigenvalue weighted by Gasteiger charge is -2.33. The third-order valence-electron chi connectivity index (χ3n) is 5.79. The summed E-state index contributed by atoms with van der Waals surface area (Å²) in [4.78, 5) is 29.1. The standard InChI is InChI=1S/C21H26N4O3/c1-28-19-5-3-18(4-6-19)25-15-17(13-20(25)26)21(27)23-11-7-16(8-12-23)14-24-10-2-9-22-24/h2-6,9-10,16-17H,7-8,11-15H2,1H3. The van der Waals surface area contributed by atoms with Gasteiger partial charge >= 0.3 is 0 Å². The molecule has 0 spiro atoms. The predicted molar refractivity (Wildman–Crippen MR) is 105 cm³/mol. The van der Waals surface area contributed by atoms with Crippen molar-refractivity contribution >= 4 is 17.5 Å². The molecule has 0 saturated carbocycles. The number of anilines is 1. The van der Waals surface area contributed by atoms with Gasteiger partial charge in [0.15, 0.2) is 0 Å². The van der Waals surface area contributed by atoms with Crippen molar-refractivity contribution in [2.45, 2.75) is 25.8 Å². The summed E-state index contributed by atoms with van der Waals surface area (Å²) >= 11 is 0. The number of nitrogens with zero attached hydrogens (tertiary/aromatic N) is 4. The molecule has 28 heavy (non-hydrogen) atoms. The van der Waals surface area contributed by atoms with Gasteiger partial charge in [-0.25, -0.2) is 0 Å². The molecular weight excluding hydrogens is 356 g/mol. The Morgan fingerprint density at radius 1 is 1.21 bits per heavy atom. The number of hydrogen-bond acceptors (Lipinski definition) is 4. The minimum Gasteiger partial charge on any atom is -0.497 e. The van der Waals surface area contributed by atoms with Crippen molar-refractivity contribution in [1.82, 2.24) is 14.7 Å². The zero-order chi connectivity index (χ0) is 19.5. The van der Waals surface area contributed by atoms with Crippen LogP contribution in [-0.2, 0) is 16.1 Å². The largest absolute Gasteiger partial charge is 0.497 e. The van der Waals surface area contributed by atoms with E-state index in [2.05, 4.69) is 5.10 Å². The number of benzene rings is 1. The van der Waals surface area contributed by atoms with Crippen molar-refractivity contribution in [3.63, 3.8) is 0 Å². The third kappa shape index (κ3) is 3.88. The Morgan fingerprint density at radius 2 is 1.96 bits per heavy atom. The first-order valence-electron chi connectivity index (χ1n) is 9.84. The molecule has 0 N–H and O–H groups in total. The lowest BCUT2D eigenvalue weighted by molar-refractivity contribution is -0.137. The minimum absolute atomic E-state index is 0.0112. The Balaban J connectivity index is 1.32. The summed E-state index contributed by atoms with van der Waals surface area (Å²) in [5.74, 6) is 1.17. The maximum absolute atomic E-state index is 13.0. The van der Waals surface area contributed by atoms with Crippen LogP contribution in [0.2, 0.25) is 0 Å². The molecule has 4 rings (SSSR count). The summed E-state index contributed by atoms with van der Waals surface area (Å²) in [5, 5.41) is 4.27. The summed E-state index contributed by atoms with van der Waals surface area (Å²) in [5.41, 5.74) is 0.819. The summed E-state index contributed by atoms with van der Waals surface area (Å²) in [6, 6.07) is 9.34. The molecule has 1 aromatic carbocycles. The fourth-order valence-corrected chi connectivity index (χ4v) is 4.15. The van der Waals surface area contributed by atoms with Gasteiger partial charge in [-0.15, -0.1) is 0 Å². The number of methoxy groups -OCH3 is 1. The van der Waals surface area contributed by atoms with Gasteiger partial charge in [0.05, 0.1) is 13.0 Å². The highest BCUT2D eigenvalue weighted by Gasteiger charge is 2.38. The van der Waals surface area contributed by atoms with E-state index in [1.807, 2.05) is 46.1 Å². The van der Waals surface area contributed by atoms with E-state index in [-0.39, 0.29) is 24.2 Å². The van der Waals surface area contributed by atoms with Gasteiger partial charge in [-0.3, -0.25) is 14.3 Å². The minimum atomic E-state index is -0.253. The molecule has 148 valence electrons. The first-order chi connectivity index (χ1) is 13.6. The number of likely N-dealkylation sites (tertiary alicyclic amines) is 1. The molecule has 3 heterocycles. The van der Waals surface area contributed by atoms with Crippen molar-refractivity contribution in [2.24, 2.45) is 11.8 Å². The monoisotopic (exact) mass is 382 g/mol. The lowest BCUT2D eigenvalue weighted by Crippen LogP contribution is -2.43. The second-order valence-electron chi connectivity index (χ2n) is 7.60. The van der Waals surface area contributed by atoms with E-state index in [1.165, 1.54) is 0 Å². The highest BCUT2D eigenvalue weighted by molar-refractivity contribution is 6.00. The van der Waals surface area contributed by atoms with E-state index < -0.39 is 0 Å². The van der Waals surface area contributed by atoms with E-state index >= 15 is 0 Å². The van der Waals surface area contributed by atoms with Gasteiger partial charge in [-0.2, -0.15) is 5.10 Å². The number of carbonyl (C=O) groups is 2. The molecule has 2 saturated heterocycles. The number of hydrogen-bond donors (Lipinski definition) is 0. The van der Waals surface area contributed by atoms with E-state index in [1.54, 1.807) is 18.2 Å². The van der Waals surface area contributed by atoms with Crippen LogP contribution in [0.1, 0.15) is 19.3 Å². The van der Waals surface area contributed by atoms with Crippen LogP contribution < -0.4 is 9.64 Å². The SMILES string of the molecule is COc1ccc(N2CC(C(=O)N3CCC(Cn4cccn4)CC3)CC2=O)cc1. The summed E-state index contributed by atoms with van der Waals surface area (Å²) in [6.07, 6.45) is 6.03. The molecule has 0 radical (unpaired) electrons.